The van der Waals surface area contributed by atoms with Crippen LogP contribution >= 0.6 is 22.9 Å². The predicted octanol–water partition coefficient (Wildman–Crippen LogP) is 8.51. The van der Waals surface area contributed by atoms with Crippen LogP contribution in [0.25, 0.3) is 11.1 Å². The normalized spacial score (nSPS) is 14.2. The lowest BCUT2D eigenvalue weighted by molar-refractivity contribution is -0.443. The summed E-state index contributed by atoms with van der Waals surface area (Å²) < 4.78 is 221. The quantitative estimate of drug-likeness (QED) is 0.190. The van der Waals surface area contributed by atoms with Crippen molar-refractivity contribution < 1.29 is 84.6 Å². The number of carbonyl (C=O) groups excluding carboxylic acids is 2. The van der Waals surface area contributed by atoms with Crippen molar-refractivity contribution in [3.05, 3.63) is 40.2 Å². The highest BCUT2D eigenvalue weighted by Crippen LogP contribution is 2.63. The molecule has 0 saturated heterocycles. The molecule has 0 unspecified atom stereocenters. The van der Waals surface area contributed by atoms with E-state index in [2.05, 4.69) is 4.74 Å². The largest absolute Gasteiger partial charge is 0.465 e. The van der Waals surface area contributed by atoms with Gasteiger partial charge >= 0.3 is 59.8 Å². The Kier molecular flexibility index (Phi) is 9.42. The predicted molar refractivity (Wildman–Crippen MR) is 115 cm³/mol. The number of benzene rings is 1. The summed E-state index contributed by atoms with van der Waals surface area (Å²) in [6.07, 6.45) is -5.97. The monoisotopic (exact) mass is 695 g/mol. The van der Waals surface area contributed by atoms with Crippen LogP contribution in [0, 0.1) is 0 Å². The Morgan fingerprint density at radius 3 is 1.65 bits per heavy atom. The molecule has 4 nitrogen and oxygen atoms in total. The molecule has 242 valence electrons. The molecule has 0 aliphatic carbocycles. The number of amides is 1. The van der Waals surface area contributed by atoms with Gasteiger partial charge in [-0.25, -0.2) is 13.6 Å². The van der Waals surface area contributed by atoms with E-state index < -0.39 is 70.3 Å². The molecule has 1 aromatic heterocycles. The fourth-order valence-electron chi connectivity index (χ4n) is 3.06. The van der Waals surface area contributed by atoms with Crippen LogP contribution < -0.4 is 5.32 Å². The van der Waals surface area contributed by atoms with Crippen LogP contribution in [0.5, 0.6) is 0 Å². The van der Waals surface area contributed by atoms with Crippen LogP contribution in [0.15, 0.2) is 29.6 Å². The topological polar surface area (TPSA) is 55.4 Å². The van der Waals surface area contributed by atoms with Gasteiger partial charge in [-0.15, -0.1) is 11.3 Å². The van der Waals surface area contributed by atoms with Crippen molar-refractivity contribution in [3.8, 4) is 11.1 Å². The number of hydrogen-bond acceptors (Lipinski definition) is 4. The first-order valence-electron chi connectivity index (χ1n) is 10.4. The maximum atomic E-state index is 14.3. The lowest BCUT2D eigenvalue weighted by Gasteiger charge is -2.42. The number of alkyl halides is 16. The lowest BCUT2D eigenvalue weighted by atomic mass is 9.89. The number of esters is 1. The van der Waals surface area contributed by atoms with Gasteiger partial charge in [-0.05, 0) is 17.7 Å². The van der Waals surface area contributed by atoms with Crippen molar-refractivity contribution in [2.45, 2.75) is 47.9 Å². The second-order valence-corrected chi connectivity index (χ2v) is 9.49. The van der Waals surface area contributed by atoms with E-state index >= 15 is 0 Å². The van der Waals surface area contributed by atoms with Crippen molar-refractivity contribution >= 4 is 39.8 Å². The minimum Gasteiger partial charge on any atom is -0.465 e. The minimum absolute atomic E-state index is 0.00794. The Hall–Kier alpha value is -2.97. The number of ether oxygens (including phenoxy) is 1. The highest BCUT2D eigenvalue weighted by atomic mass is 35.5. The van der Waals surface area contributed by atoms with Crippen molar-refractivity contribution in [3.63, 3.8) is 0 Å². The van der Waals surface area contributed by atoms with Crippen molar-refractivity contribution in [1.29, 1.82) is 0 Å². The van der Waals surface area contributed by atoms with E-state index in [9.17, 15) is 79.8 Å². The maximum Gasteiger partial charge on any atom is 0.393 e. The Morgan fingerprint density at radius 1 is 0.767 bits per heavy atom. The zero-order chi connectivity index (χ0) is 33.8. The van der Waals surface area contributed by atoms with Gasteiger partial charge in [0.25, 0.3) is 0 Å². The lowest BCUT2D eigenvalue weighted by Crippen LogP contribution is -2.74. The van der Waals surface area contributed by atoms with E-state index in [0.717, 1.165) is 10.7 Å². The summed E-state index contributed by atoms with van der Waals surface area (Å²) in [5.74, 6) is -62.2. The summed E-state index contributed by atoms with van der Waals surface area (Å²) in [6, 6.07) is 4.78. The number of thiophene rings is 1. The van der Waals surface area contributed by atoms with Gasteiger partial charge in [0.1, 0.15) is 10.6 Å². The van der Waals surface area contributed by atoms with Crippen LogP contribution in [0.2, 0.25) is 5.02 Å². The number of nitrogens with one attached hydrogen (secondary N) is 1. The third-order valence-corrected chi connectivity index (χ3v) is 6.66. The second-order valence-electron chi connectivity index (χ2n) is 8.18. The third kappa shape index (κ3) is 5.35. The van der Waals surface area contributed by atoms with Crippen molar-refractivity contribution in [2.75, 3.05) is 12.4 Å². The fourth-order valence-corrected chi connectivity index (χ4v) is 4.13. The van der Waals surface area contributed by atoms with E-state index in [1.54, 1.807) is 0 Å². The molecule has 0 radical (unpaired) electrons. The average molecular weight is 696 g/mol. The maximum absolute atomic E-state index is 14.3. The Morgan fingerprint density at radius 2 is 1.21 bits per heavy atom. The zero-order valence-electron chi connectivity index (χ0n) is 20.0. The number of methoxy groups -OCH3 is 1. The summed E-state index contributed by atoms with van der Waals surface area (Å²) >= 11 is 5.73. The van der Waals surface area contributed by atoms with E-state index in [1.807, 2.05) is 0 Å². The molecular formula is C21H10ClF16NO3S. The zero-order valence-corrected chi connectivity index (χ0v) is 21.6. The number of carbonyl (C=O) groups is 2. The molecule has 0 fully saturated rings. The molecular weight excluding hydrogens is 686 g/mol. The van der Waals surface area contributed by atoms with Crippen LogP contribution in [-0.4, -0.2) is 66.9 Å². The second kappa shape index (κ2) is 11.2. The van der Waals surface area contributed by atoms with Gasteiger partial charge in [0.05, 0.1) is 7.11 Å². The summed E-state index contributed by atoms with van der Waals surface area (Å²) in [5.41, 5.74) is -1.23. The summed E-state index contributed by atoms with van der Waals surface area (Å²) in [7, 11) is 0.677. The first kappa shape index (κ1) is 36.2. The van der Waals surface area contributed by atoms with Crippen molar-refractivity contribution in [2.24, 2.45) is 0 Å². The van der Waals surface area contributed by atoms with Crippen LogP contribution in [0.4, 0.5) is 75.2 Å². The molecule has 0 aliphatic rings. The molecule has 2 rings (SSSR count). The Balaban J connectivity index is 2.59. The van der Waals surface area contributed by atoms with Crippen molar-refractivity contribution in [1.82, 2.24) is 0 Å². The van der Waals surface area contributed by atoms with Gasteiger partial charge < -0.3 is 10.1 Å². The van der Waals surface area contributed by atoms with E-state index in [0.29, 0.717) is 7.11 Å². The van der Waals surface area contributed by atoms with E-state index in [-0.39, 0.29) is 27.5 Å². The van der Waals surface area contributed by atoms with Gasteiger partial charge in [-0.3, -0.25) is 4.79 Å². The molecule has 1 amide bonds. The molecule has 1 heterocycles. The standard InChI is InChI=1S/C21H10ClF16NO3S/c1-42-12(40)10-9(7-2-4-8(22)5-3-7)6-43-11(10)39-14(41)16(27,28)18(31,32)20(35,36)21(37,38)19(33,34)17(29,30)15(25,26)13(23)24/h2-6,13H,1H3,(H,39,41). The van der Waals surface area contributed by atoms with Crippen LogP contribution in [0.3, 0.4) is 0 Å². The number of halogens is 17. The average Bonchev–Trinajstić information content (AvgIpc) is 3.30. The summed E-state index contributed by atoms with van der Waals surface area (Å²) in [4.78, 5) is 24.2. The van der Waals surface area contributed by atoms with Gasteiger partial charge in [0.15, 0.2) is 0 Å². The molecule has 22 heteroatoms. The number of rotatable bonds is 11. The number of anilines is 1. The number of hydrogen-bond donors (Lipinski definition) is 1. The van der Waals surface area contributed by atoms with Gasteiger partial charge in [0, 0.05) is 16.0 Å². The molecule has 1 aromatic carbocycles. The highest BCUT2D eigenvalue weighted by Gasteiger charge is 2.94. The molecule has 0 bridgehead atoms. The smallest absolute Gasteiger partial charge is 0.393 e. The Bertz CT molecular complexity index is 1360. The highest BCUT2D eigenvalue weighted by molar-refractivity contribution is 7.15. The SMILES string of the molecule is COC(=O)c1c(-c2ccc(Cl)cc2)csc1NC(=O)C(F)(F)C(F)(F)C(F)(F)C(F)(F)C(F)(F)C(F)(F)C(F)(F)C(F)F. The summed E-state index contributed by atoms with van der Waals surface area (Å²) in [6.45, 7) is 0. The van der Waals surface area contributed by atoms with E-state index in [1.165, 1.54) is 24.3 Å². The molecule has 0 spiro atoms. The first-order chi connectivity index (χ1) is 19.2. The third-order valence-electron chi connectivity index (χ3n) is 5.51. The molecule has 1 N–H and O–H groups in total. The van der Waals surface area contributed by atoms with Gasteiger partial charge in [0.2, 0.25) is 0 Å². The fraction of sp³-hybridized carbons (Fsp3) is 0.429. The van der Waals surface area contributed by atoms with Crippen LogP contribution in [0.1, 0.15) is 10.4 Å². The van der Waals surface area contributed by atoms with E-state index in [4.69, 9.17) is 11.6 Å². The molecule has 0 atom stereocenters. The molecule has 0 aliphatic heterocycles. The van der Waals surface area contributed by atoms with Gasteiger partial charge in [-0.2, -0.15) is 61.5 Å². The first-order valence-corrected chi connectivity index (χ1v) is 11.6. The molecule has 0 saturated carbocycles. The molecule has 2 aromatic rings. The molecule has 43 heavy (non-hydrogen) atoms. The van der Waals surface area contributed by atoms with Crippen LogP contribution in [-0.2, 0) is 9.53 Å². The summed E-state index contributed by atoms with van der Waals surface area (Å²) in [5, 5.41) is 0.577. The van der Waals surface area contributed by atoms with Gasteiger partial charge in [-0.1, -0.05) is 23.7 Å². The Labute approximate surface area is 236 Å². The minimum atomic E-state index is -8.66.